The highest BCUT2D eigenvalue weighted by atomic mass is 16.5. The van der Waals surface area contributed by atoms with Gasteiger partial charge in [-0.15, -0.1) is 0 Å². The molecule has 0 fully saturated rings. The summed E-state index contributed by atoms with van der Waals surface area (Å²) in [7, 11) is 1.66. The summed E-state index contributed by atoms with van der Waals surface area (Å²) in [6, 6.07) is 25.0. The molecule has 3 aromatic carbocycles. The normalized spacial score (nSPS) is 13.3. The van der Waals surface area contributed by atoms with E-state index in [-0.39, 0.29) is 30.3 Å². The van der Waals surface area contributed by atoms with Gasteiger partial charge in [-0.1, -0.05) is 92.7 Å². The van der Waals surface area contributed by atoms with E-state index >= 15 is 0 Å². The van der Waals surface area contributed by atoms with Gasteiger partial charge in [-0.25, -0.2) is 9.78 Å². The van der Waals surface area contributed by atoms with Crippen molar-refractivity contribution in [1.82, 2.24) is 26.3 Å². The van der Waals surface area contributed by atoms with Crippen LogP contribution in [-0.2, 0) is 16.0 Å². The zero-order valence-corrected chi connectivity index (χ0v) is 27.2. The maximum atomic E-state index is 13.8. The summed E-state index contributed by atoms with van der Waals surface area (Å²) in [5.74, 6) is 1.12. The summed E-state index contributed by atoms with van der Waals surface area (Å²) in [5.41, 5.74) is 5.62. The van der Waals surface area contributed by atoms with Crippen molar-refractivity contribution in [3.8, 4) is 11.1 Å². The summed E-state index contributed by atoms with van der Waals surface area (Å²) in [6.07, 6.45) is 3.10. The van der Waals surface area contributed by atoms with Crippen molar-refractivity contribution in [1.29, 1.82) is 5.41 Å². The van der Waals surface area contributed by atoms with Gasteiger partial charge in [0.05, 0.1) is 6.20 Å². The smallest absolute Gasteiger partial charge is 0.407 e. The molecule has 1 heterocycles. The molecule has 0 radical (unpaired) electrons. The Bertz CT molecular complexity index is 1610. The SMILES string of the molecule is CNC(=N)NCCC[C@@H](NC(=O)OCC1c2ccccc2-c2ccccc21)C(=O)N[C@@H](CC(C)C)c1ncc(Cc2ccccc2)o1. The summed E-state index contributed by atoms with van der Waals surface area (Å²) < 4.78 is 11.9. The number of amides is 2. The summed E-state index contributed by atoms with van der Waals surface area (Å²) in [5, 5.41) is 19.4. The standard InChI is InChI=1S/C37H44N6O4/c1-24(2)20-33(35-41-22-26(47-35)21-25-12-5-4-6-13-25)42-34(44)32(18-11-19-40-36(38)39-3)43-37(45)46-23-31-29-16-9-7-14-27(29)28-15-8-10-17-30(28)31/h4-10,12-17,22,24,31-33H,11,18-21,23H2,1-3H3,(H,42,44)(H,43,45)(H3,38,39,40)/t32-,33+/m1/s1. The minimum atomic E-state index is -0.871. The number of carbonyl (C=O) groups is 2. The van der Waals surface area contributed by atoms with Crippen molar-refractivity contribution >= 4 is 18.0 Å². The van der Waals surface area contributed by atoms with Crippen LogP contribution < -0.4 is 21.3 Å². The van der Waals surface area contributed by atoms with E-state index in [1.807, 2.05) is 54.6 Å². The zero-order chi connectivity index (χ0) is 33.2. The van der Waals surface area contributed by atoms with Crippen LogP contribution in [0.15, 0.2) is 89.5 Å². The number of fused-ring (bicyclic) bond motifs is 3. The number of guanidine groups is 1. The Hall–Kier alpha value is -5.12. The van der Waals surface area contributed by atoms with Crippen LogP contribution in [0.25, 0.3) is 11.1 Å². The molecule has 47 heavy (non-hydrogen) atoms. The predicted molar refractivity (Wildman–Crippen MR) is 182 cm³/mol. The number of benzene rings is 3. The molecule has 4 aromatic rings. The minimum absolute atomic E-state index is 0.0947. The Morgan fingerprint density at radius 2 is 1.60 bits per heavy atom. The Morgan fingerprint density at radius 3 is 2.26 bits per heavy atom. The third kappa shape index (κ3) is 8.78. The molecule has 1 aliphatic rings. The number of carbonyl (C=O) groups excluding carboxylic acids is 2. The predicted octanol–water partition coefficient (Wildman–Crippen LogP) is 5.90. The highest BCUT2D eigenvalue weighted by Crippen LogP contribution is 2.44. The first kappa shape index (κ1) is 33.2. The quantitative estimate of drug-likeness (QED) is 0.0659. The van der Waals surface area contributed by atoms with Gasteiger partial charge in [-0.2, -0.15) is 0 Å². The maximum Gasteiger partial charge on any atom is 0.407 e. The number of nitrogens with zero attached hydrogens (tertiary/aromatic N) is 1. The first-order valence-electron chi connectivity index (χ1n) is 16.2. The highest BCUT2D eigenvalue weighted by molar-refractivity contribution is 5.86. The van der Waals surface area contributed by atoms with Gasteiger partial charge in [-0.05, 0) is 53.0 Å². The van der Waals surface area contributed by atoms with Crippen molar-refractivity contribution < 1.29 is 18.7 Å². The van der Waals surface area contributed by atoms with E-state index < -0.39 is 18.2 Å². The van der Waals surface area contributed by atoms with Crippen LogP contribution in [0.2, 0.25) is 0 Å². The van der Waals surface area contributed by atoms with Crippen molar-refractivity contribution in [2.24, 2.45) is 5.92 Å². The van der Waals surface area contributed by atoms with E-state index in [1.54, 1.807) is 13.2 Å². The van der Waals surface area contributed by atoms with Crippen molar-refractivity contribution in [2.75, 3.05) is 20.2 Å². The van der Waals surface area contributed by atoms with E-state index in [0.29, 0.717) is 43.9 Å². The second kappa shape index (κ2) is 15.9. The van der Waals surface area contributed by atoms with E-state index in [0.717, 1.165) is 27.8 Å². The molecule has 2 atom stereocenters. The maximum absolute atomic E-state index is 13.8. The van der Waals surface area contributed by atoms with Crippen LogP contribution in [0.4, 0.5) is 4.79 Å². The molecule has 0 saturated heterocycles. The monoisotopic (exact) mass is 636 g/mol. The van der Waals surface area contributed by atoms with E-state index in [9.17, 15) is 9.59 Å². The Balaban J connectivity index is 1.26. The van der Waals surface area contributed by atoms with Gasteiger partial charge in [-0.3, -0.25) is 10.2 Å². The lowest BCUT2D eigenvalue weighted by Gasteiger charge is -2.23. The molecular formula is C37H44N6O4. The van der Waals surface area contributed by atoms with Gasteiger partial charge in [0.15, 0.2) is 5.96 Å². The van der Waals surface area contributed by atoms with Gasteiger partial charge in [0.25, 0.3) is 0 Å². The van der Waals surface area contributed by atoms with Crippen molar-refractivity contribution in [2.45, 2.75) is 57.5 Å². The summed E-state index contributed by atoms with van der Waals surface area (Å²) in [6.45, 7) is 4.74. The molecule has 0 aliphatic heterocycles. The Labute approximate surface area is 276 Å². The fourth-order valence-corrected chi connectivity index (χ4v) is 5.99. The average molecular weight is 637 g/mol. The minimum Gasteiger partial charge on any atom is -0.449 e. The highest BCUT2D eigenvalue weighted by Gasteiger charge is 2.31. The fraction of sp³-hybridized carbons (Fsp3) is 0.351. The molecule has 0 saturated carbocycles. The van der Waals surface area contributed by atoms with Crippen LogP contribution in [-0.4, -0.2) is 49.2 Å². The zero-order valence-electron chi connectivity index (χ0n) is 27.2. The van der Waals surface area contributed by atoms with Gasteiger partial charge in [0, 0.05) is 25.9 Å². The van der Waals surface area contributed by atoms with E-state index in [4.69, 9.17) is 14.6 Å². The van der Waals surface area contributed by atoms with Crippen LogP contribution in [0.1, 0.15) is 73.4 Å². The Kier molecular flexibility index (Phi) is 11.3. The Morgan fingerprint density at radius 1 is 0.936 bits per heavy atom. The van der Waals surface area contributed by atoms with Crippen molar-refractivity contribution in [3.63, 3.8) is 0 Å². The van der Waals surface area contributed by atoms with Crippen LogP contribution >= 0.6 is 0 Å². The number of oxazole rings is 1. The average Bonchev–Trinajstić information content (AvgIpc) is 3.67. The third-order valence-corrected chi connectivity index (χ3v) is 8.29. The van der Waals surface area contributed by atoms with E-state index in [2.05, 4.69) is 64.4 Å². The molecule has 0 spiro atoms. The largest absolute Gasteiger partial charge is 0.449 e. The second-order valence-electron chi connectivity index (χ2n) is 12.2. The number of ether oxygens (including phenoxy) is 1. The van der Waals surface area contributed by atoms with Gasteiger partial charge in [0.2, 0.25) is 11.8 Å². The molecule has 1 aliphatic carbocycles. The van der Waals surface area contributed by atoms with Crippen LogP contribution in [0.3, 0.4) is 0 Å². The van der Waals surface area contributed by atoms with Gasteiger partial charge < -0.3 is 30.4 Å². The number of hydrogen-bond acceptors (Lipinski definition) is 6. The first-order valence-corrected chi connectivity index (χ1v) is 16.2. The molecular weight excluding hydrogens is 592 g/mol. The van der Waals surface area contributed by atoms with Gasteiger partial charge >= 0.3 is 6.09 Å². The topological polar surface area (TPSA) is 141 Å². The molecule has 2 amide bonds. The molecule has 1 aromatic heterocycles. The fourth-order valence-electron chi connectivity index (χ4n) is 5.99. The molecule has 10 nitrogen and oxygen atoms in total. The molecule has 246 valence electrons. The first-order chi connectivity index (χ1) is 22.8. The summed E-state index contributed by atoms with van der Waals surface area (Å²) >= 11 is 0. The number of rotatable bonds is 14. The second-order valence-corrected chi connectivity index (χ2v) is 12.2. The van der Waals surface area contributed by atoms with Gasteiger partial charge in [0.1, 0.15) is 24.5 Å². The number of hydrogen-bond donors (Lipinski definition) is 5. The molecule has 0 bridgehead atoms. The number of alkyl carbamates (subject to hydrolysis) is 1. The lowest BCUT2D eigenvalue weighted by atomic mass is 9.98. The number of nitrogens with one attached hydrogen (secondary N) is 5. The van der Waals surface area contributed by atoms with E-state index in [1.165, 1.54) is 0 Å². The third-order valence-electron chi connectivity index (χ3n) is 8.29. The molecule has 5 N–H and O–H groups in total. The van der Waals surface area contributed by atoms with Crippen molar-refractivity contribution in [3.05, 3.63) is 113 Å². The summed E-state index contributed by atoms with van der Waals surface area (Å²) in [4.78, 5) is 31.5. The molecule has 0 unspecified atom stereocenters. The lowest BCUT2D eigenvalue weighted by Crippen LogP contribution is -2.48. The molecule has 10 heteroatoms. The van der Waals surface area contributed by atoms with Crippen LogP contribution in [0, 0.1) is 11.3 Å². The van der Waals surface area contributed by atoms with Crippen LogP contribution in [0.5, 0.6) is 0 Å². The lowest BCUT2D eigenvalue weighted by molar-refractivity contribution is -0.124. The number of aromatic nitrogens is 1. The molecule has 5 rings (SSSR count).